The van der Waals surface area contributed by atoms with Gasteiger partial charge in [0.2, 0.25) is 5.91 Å². The van der Waals surface area contributed by atoms with E-state index in [0.29, 0.717) is 31.0 Å². The Morgan fingerprint density at radius 3 is 2.80 bits per heavy atom. The summed E-state index contributed by atoms with van der Waals surface area (Å²) in [5.74, 6) is 0.601. The molecule has 10 nitrogen and oxygen atoms in total. The van der Waals surface area contributed by atoms with E-state index in [1.54, 1.807) is 25.1 Å². The van der Waals surface area contributed by atoms with Crippen LogP contribution < -0.4 is 11.1 Å². The molecule has 0 radical (unpaired) electrons. The normalized spacial score (nSPS) is 18.2. The number of allylic oxidation sites excluding steroid dienone is 2. The van der Waals surface area contributed by atoms with Crippen molar-refractivity contribution in [1.82, 2.24) is 24.6 Å². The monoisotopic (exact) mass is 475 g/mol. The molecule has 1 saturated heterocycles. The number of nitrogens with zero attached hydrogens (tertiary/aromatic N) is 5. The Bertz CT molecular complexity index is 1310. The number of anilines is 2. The fraction of sp³-hybridized carbons (Fsp3) is 0.400. The number of phenols is 1. The second-order valence-corrected chi connectivity index (χ2v) is 9.11. The summed E-state index contributed by atoms with van der Waals surface area (Å²) in [5, 5.41) is 19.0. The Hall–Kier alpha value is -3.95. The van der Waals surface area contributed by atoms with Crippen LogP contribution in [-0.2, 0) is 16.0 Å². The number of aromatic nitrogens is 4. The van der Waals surface area contributed by atoms with Gasteiger partial charge in [-0.1, -0.05) is 6.08 Å². The lowest BCUT2D eigenvalue weighted by Crippen LogP contribution is -2.39. The number of carbonyl (C=O) groups is 2. The van der Waals surface area contributed by atoms with Gasteiger partial charge in [-0.05, 0) is 49.6 Å². The number of likely N-dealkylation sites (tertiary alicyclic amines) is 1. The number of carbonyl (C=O) groups excluding carboxylic acids is 2. The standard InChI is InChI=1S/C25H29N7O3/c1-2-3-17(33)5-7-21(35)31-10-8-16(9-11-31)32-25-22(24(26)27-14-28-25)23(30-32)20-13-15-12-18(34)4-6-19(15)29-20/h2-4,6,12,14,16,20,29,34H,5,7-11,13H2,1H3,(H2,26,27,28). The Kier molecular flexibility index (Phi) is 6.10. The third-order valence-corrected chi connectivity index (χ3v) is 6.82. The summed E-state index contributed by atoms with van der Waals surface area (Å²) >= 11 is 0. The van der Waals surface area contributed by atoms with Gasteiger partial charge >= 0.3 is 0 Å². The van der Waals surface area contributed by atoms with Gasteiger partial charge in [-0.25, -0.2) is 14.6 Å². The molecule has 2 aromatic heterocycles. The first-order valence-corrected chi connectivity index (χ1v) is 11.9. The fourth-order valence-electron chi connectivity index (χ4n) is 5.05. The lowest BCUT2D eigenvalue weighted by molar-refractivity contribution is -0.133. The van der Waals surface area contributed by atoms with E-state index in [4.69, 9.17) is 10.8 Å². The predicted molar refractivity (Wildman–Crippen MR) is 132 cm³/mol. The van der Waals surface area contributed by atoms with Crippen LogP contribution in [0, 0.1) is 0 Å². The van der Waals surface area contributed by atoms with Gasteiger partial charge in [0.05, 0.1) is 23.2 Å². The van der Waals surface area contributed by atoms with Crippen LogP contribution in [0.1, 0.15) is 55.9 Å². The average Bonchev–Trinajstić information content (AvgIpc) is 3.45. The van der Waals surface area contributed by atoms with E-state index in [0.717, 1.165) is 35.2 Å². The van der Waals surface area contributed by atoms with Crippen LogP contribution in [0.25, 0.3) is 11.0 Å². The van der Waals surface area contributed by atoms with Crippen molar-refractivity contribution in [3.8, 4) is 5.75 Å². The van der Waals surface area contributed by atoms with Crippen molar-refractivity contribution in [1.29, 1.82) is 0 Å². The molecule has 4 heterocycles. The second-order valence-electron chi connectivity index (χ2n) is 9.11. The van der Waals surface area contributed by atoms with Gasteiger partial charge in [-0.3, -0.25) is 9.59 Å². The molecule has 5 rings (SSSR count). The highest BCUT2D eigenvalue weighted by molar-refractivity contribution is 5.92. The molecule has 0 saturated carbocycles. The summed E-state index contributed by atoms with van der Waals surface area (Å²) in [7, 11) is 0. The van der Waals surface area contributed by atoms with E-state index in [9.17, 15) is 14.7 Å². The fourth-order valence-corrected chi connectivity index (χ4v) is 5.05. The SMILES string of the molecule is CC=CC(=O)CCC(=O)N1CCC(n2nc(C3Cc4cc(O)ccc4N3)c3c(N)ncnc32)CC1. The van der Waals surface area contributed by atoms with Crippen molar-refractivity contribution in [3.05, 3.63) is 47.9 Å². The molecule has 35 heavy (non-hydrogen) atoms. The van der Waals surface area contributed by atoms with Crippen molar-refractivity contribution in [2.24, 2.45) is 0 Å². The van der Waals surface area contributed by atoms with Gasteiger partial charge in [0.15, 0.2) is 11.4 Å². The number of rotatable bonds is 6. The first-order chi connectivity index (χ1) is 16.9. The minimum absolute atomic E-state index is 0.00931. The molecule has 10 heteroatoms. The zero-order valence-corrected chi connectivity index (χ0v) is 19.6. The smallest absolute Gasteiger partial charge is 0.223 e. The van der Waals surface area contributed by atoms with Crippen LogP contribution in [0.5, 0.6) is 5.75 Å². The van der Waals surface area contributed by atoms with E-state index >= 15 is 0 Å². The summed E-state index contributed by atoms with van der Waals surface area (Å²) < 4.78 is 1.93. The second kappa shape index (κ2) is 9.36. The maximum atomic E-state index is 12.6. The van der Waals surface area contributed by atoms with Crippen molar-refractivity contribution >= 4 is 34.2 Å². The van der Waals surface area contributed by atoms with Gasteiger partial charge in [0, 0.05) is 38.0 Å². The quantitative estimate of drug-likeness (QED) is 0.365. The van der Waals surface area contributed by atoms with Gasteiger partial charge in [0.1, 0.15) is 17.9 Å². The highest BCUT2D eigenvalue weighted by atomic mass is 16.3. The molecular weight excluding hydrogens is 446 g/mol. The van der Waals surface area contributed by atoms with Crippen molar-refractivity contribution < 1.29 is 14.7 Å². The zero-order chi connectivity index (χ0) is 24.5. The van der Waals surface area contributed by atoms with Gasteiger partial charge in [0.25, 0.3) is 0 Å². The van der Waals surface area contributed by atoms with Crippen LogP contribution in [0.4, 0.5) is 11.5 Å². The van der Waals surface area contributed by atoms with Gasteiger partial charge in [-0.2, -0.15) is 5.10 Å². The minimum atomic E-state index is -0.111. The number of fused-ring (bicyclic) bond motifs is 2. The molecule has 0 spiro atoms. The summed E-state index contributed by atoms with van der Waals surface area (Å²) in [5.41, 5.74) is 9.74. The van der Waals surface area contributed by atoms with E-state index in [2.05, 4.69) is 15.3 Å². The zero-order valence-electron chi connectivity index (χ0n) is 19.6. The van der Waals surface area contributed by atoms with Crippen molar-refractivity contribution in [3.63, 3.8) is 0 Å². The summed E-state index contributed by atoms with van der Waals surface area (Å²) in [6.07, 6.45) is 7.27. The molecule has 1 aromatic carbocycles. The lowest BCUT2D eigenvalue weighted by Gasteiger charge is -2.32. The molecule has 2 aliphatic heterocycles. The predicted octanol–water partition coefficient (Wildman–Crippen LogP) is 2.91. The molecule has 2 aliphatic rings. The Balaban J connectivity index is 1.34. The van der Waals surface area contributed by atoms with Gasteiger partial charge < -0.3 is 21.1 Å². The molecule has 1 atom stereocenters. The van der Waals surface area contributed by atoms with E-state index in [1.165, 1.54) is 12.4 Å². The van der Waals surface area contributed by atoms with Crippen LogP contribution in [0.15, 0.2) is 36.7 Å². The number of ketones is 1. The van der Waals surface area contributed by atoms with E-state index in [1.807, 2.05) is 15.6 Å². The first kappa shape index (κ1) is 22.8. The largest absolute Gasteiger partial charge is 0.508 e. The molecule has 3 aromatic rings. The number of hydrogen-bond donors (Lipinski definition) is 3. The number of nitrogens with one attached hydrogen (secondary N) is 1. The number of phenolic OH excluding ortho intramolecular Hbond substituents is 1. The van der Waals surface area contributed by atoms with Crippen LogP contribution in [0.2, 0.25) is 0 Å². The van der Waals surface area contributed by atoms with Crippen molar-refractivity contribution in [2.75, 3.05) is 24.1 Å². The molecule has 1 fully saturated rings. The first-order valence-electron chi connectivity index (χ1n) is 11.9. The lowest BCUT2D eigenvalue weighted by atomic mass is 10.0. The third kappa shape index (κ3) is 4.43. The number of hydrogen-bond acceptors (Lipinski definition) is 8. The molecule has 0 bridgehead atoms. The average molecular weight is 476 g/mol. The van der Waals surface area contributed by atoms with Crippen molar-refractivity contribution in [2.45, 2.75) is 51.1 Å². The molecular formula is C25H29N7O3. The number of nitrogen functional groups attached to an aromatic ring is 1. The summed E-state index contributed by atoms with van der Waals surface area (Å²) in [4.78, 5) is 34.8. The van der Waals surface area contributed by atoms with Gasteiger partial charge in [-0.15, -0.1) is 0 Å². The topological polar surface area (TPSA) is 139 Å². The highest BCUT2D eigenvalue weighted by Crippen LogP contribution is 2.39. The Labute approximate surface area is 202 Å². The Morgan fingerprint density at radius 2 is 2.03 bits per heavy atom. The molecule has 1 amide bonds. The van der Waals surface area contributed by atoms with E-state index in [-0.39, 0.29) is 42.4 Å². The highest BCUT2D eigenvalue weighted by Gasteiger charge is 2.32. The number of piperidine rings is 1. The maximum Gasteiger partial charge on any atom is 0.223 e. The summed E-state index contributed by atoms with van der Waals surface area (Å²) in [6.45, 7) is 3.00. The maximum absolute atomic E-state index is 12.6. The summed E-state index contributed by atoms with van der Waals surface area (Å²) in [6, 6.07) is 5.25. The molecule has 1 unspecified atom stereocenters. The third-order valence-electron chi connectivity index (χ3n) is 6.82. The molecule has 182 valence electrons. The number of aromatic hydroxyl groups is 1. The minimum Gasteiger partial charge on any atom is -0.508 e. The number of amides is 1. The van der Waals surface area contributed by atoms with Crippen LogP contribution in [0.3, 0.4) is 0 Å². The van der Waals surface area contributed by atoms with E-state index < -0.39 is 0 Å². The Morgan fingerprint density at radius 1 is 1.23 bits per heavy atom. The molecule has 0 aliphatic carbocycles. The molecule has 4 N–H and O–H groups in total. The van der Waals surface area contributed by atoms with Crippen LogP contribution >= 0.6 is 0 Å². The number of nitrogens with two attached hydrogens (primary N) is 1. The van der Waals surface area contributed by atoms with Crippen LogP contribution in [-0.4, -0.2) is 54.5 Å². The number of benzene rings is 1.